The summed E-state index contributed by atoms with van der Waals surface area (Å²) in [5.74, 6) is -0.934. The number of hydrogen-bond acceptors (Lipinski definition) is 4. The molecule has 0 aliphatic carbocycles. The molecule has 18 heavy (non-hydrogen) atoms. The molecule has 0 saturated carbocycles. The van der Waals surface area contributed by atoms with Crippen molar-refractivity contribution in [3.05, 3.63) is 17.0 Å². The van der Waals surface area contributed by atoms with E-state index in [1.54, 1.807) is 0 Å². The van der Waals surface area contributed by atoms with Crippen LogP contribution in [0.1, 0.15) is 29.5 Å². The maximum absolute atomic E-state index is 12.6. The van der Waals surface area contributed by atoms with Crippen LogP contribution in [0, 0.1) is 6.92 Å². The highest BCUT2D eigenvalue weighted by Crippen LogP contribution is 2.35. The quantitative estimate of drug-likeness (QED) is 0.615. The number of halogens is 3. The third-order valence-electron chi connectivity index (χ3n) is 2.33. The highest BCUT2D eigenvalue weighted by Gasteiger charge is 2.40. The molecular formula is C9H12F3N3O3. The molecule has 1 aromatic heterocycles. The first-order chi connectivity index (χ1) is 8.14. The Hall–Kier alpha value is -1.61. The fourth-order valence-electron chi connectivity index (χ4n) is 1.53. The van der Waals surface area contributed by atoms with Crippen LogP contribution in [-0.2, 0) is 11.0 Å². The van der Waals surface area contributed by atoms with Gasteiger partial charge in [-0.25, -0.2) is 0 Å². The van der Waals surface area contributed by atoms with Gasteiger partial charge in [0.15, 0.2) is 5.69 Å². The molecule has 6 nitrogen and oxygen atoms in total. The number of carbonyl (C=O) groups excluding carboxylic acids is 1. The number of rotatable bonds is 4. The Balaban J connectivity index is 3.09. The first-order valence-corrected chi connectivity index (χ1v) is 4.91. The van der Waals surface area contributed by atoms with E-state index < -0.39 is 42.0 Å². The standard InChI is InChI=1S/C9H12F3N3O3/c1-3-6(7(18)4(16)2-5(13)17)8(15-14-3)9(10,11)12/h4,7,16,18H,2H2,1H3,(H2,13,17)(H,14,15). The Bertz CT molecular complexity index is 444. The molecule has 2 unspecified atom stereocenters. The average Bonchev–Trinajstić information content (AvgIpc) is 2.57. The summed E-state index contributed by atoms with van der Waals surface area (Å²) in [5.41, 5.74) is 2.84. The van der Waals surface area contributed by atoms with Crippen molar-refractivity contribution in [2.45, 2.75) is 31.7 Å². The van der Waals surface area contributed by atoms with E-state index in [0.29, 0.717) is 0 Å². The maximum atomic E-state index is 12.6. The molecule has 2 atom stereocenters. The Morgan fingerprint density at radius 2 is 2.06 bits per heavy atom. The molecule has 9 heteroatoms. The number of alkyl halides is 3. The summed E-state index contributed by atoms with van der Waals surface area (Å²) >= 11 is 0. The number of hydrogen-bond donors (Lipinski definition) is 4. The van der Waals surface area contributed by atoms with Gasteiger partial charge in [0.25, 0.3) is 0 Å². The fourth-order valence-corrected chi connectivity index (χ4v) is 1.53. The molecule has 0 spiro atoms. The average molecular weight is 267 g/mol. The summed E-state index contributed by atoms with van der Waals surface area (Å²) in [4.78, 5) is 10.6. The third-order valence-corrected chi connectivity index (χ3v) is 2.33. The largest absolute Gasteiger partial charge is 0.435 e. The van der Waals surface area contributed by atoms with Gasteiger partial charge in [-0.2, -0.15) is 18.3 Å². The van der Waals surface area contributed by atoms with E-state index in [1.165, 1.54) is 6.92 Å². The number of aliphatic hydroxyl groups is 2. The lowest BCUT2D eigenvalue weighted by atomic mass is 9.99. The van der Waals surface area contributed by atoms with Crippen LogP contribution in [-0.4, -0.2) is 32.4 Å². The molecule has 1 aromatic rings. The number of nitrogens with one attached hydrogen (secondary N) is 1. The second kappa shape index (κ2) is 4.94. The Morgan fingerprint density at radius 3 is 2.50 bits per heavy atom. The number of carbonyl (C=O) groups is 1. The molecule has 0 aliphatic heterocycles. The number of nitrogens with two attached hydrogens (primary N) is 1. The van der Waals surface area contributed by atoms with Crippen LogP contribution in [0.4, 0.5) is 13.2 Å². The van der Waals surface area contributed by atoms with Crippen molar-refractivity contribution in [2.24, 2.45) is 5.73 Å². The zero-order valence-electron chi connectivity index (χ0n) is 9.32. The molecular weight excluding hydrogens is 255 g/mol. The molecule has 5 N–H and O–H groups in total. The fraction of sp³-hybridized carbons (Fsp3) is 0.556. The van der Waals surface area contributed by atoms with Gasteiger partial charge in [0.05, 0.1) is 12.5 Å². The van der Waals surface area contributed by atoms with Crippen molar-refractivity contribution in [3.63, 3.8) is 0 Å². The van der Waals surface area contributed by atoms with E-state index in [2.05, 4.69) is 10.2 Å². The third kappa shape index (κ3) is 2.99. The summed E-state index contributed by atoms with van der Waals surface area (Å²) in [6.45, 7) is 1.26. The van der Waals surface area contributed by atoms with Gasteiger partial charge in [-0.05, 0) is 6.92 Å². The van der Waals surface area contributed by atoms with Crippen molar-refractivity contribution in [1.82, 2.24) is 10.2 Å². The van der Waals surface area contributed by atoms with Crippen LogP contribution in [0.3, 0.4) is 0 Å². The molecule has 102 valence electrons. The van der Waals surface area contributed by atoms with Crippen LogP contribution in [0.15, 0.2) is 0 Å². The maximum Gasteiger partial charge on any atom is 0.435 e. The van der Waals surface area contributed by atoms with Gasteiger partial charge < -0.3 is 15.9 Å². The number of H-pyrrole nitrogens is 1. The normalized spacial score (nSPS) is 15.4. The molecule has 1 rings (SSSR count). The molecule has 0 radical (unpaired) electrons. The zero-order valence-corrected chi connectivity index (χ0v) is 9.32. The number of aliphatic hydroxyl groups excluding tert-OH is 2. The molecule has 1 heterocycles. The summed E-state index contributed by atoms with van der Waals surface area (Å²) in [6.07, 6.45) is -9.04. The zero-order chi connectivity index (χ0) is 14.1. The predicted molar refractivity (Wildman–Crippen MR) is 53.1 cm³/mol. The van der Waals surface area contributed by atoms with Crippen LogP contribution >= 0.6 is 0 Å². The number of amides is 1. The molecule has 0 aromatic carbocycles. The molecule has 0 aliphatic rings. The van der Waals surface area contributed by atoms with Crippen molar-refractivity contribution in [3.8, 4) is 0 Å². The van der Waals surface area contributed by atoms with Crippen LogP contribution < -0.4 is 5.73 Å². The first-order valence-electron chi connectivity index (χ1n) is 4.91. The monoisotopic (exact) mass is 267 g/mol. The van der Waals surface area contributed by atoms with Gasteiger partial charge in [0.2, 0.25) is 5.91 Å². The van der Waals surface area contributed by atoms with E-state index >= 15 is 0 Å². The molecule has 0 bridgehead atoms. The second-order valence-corrected chi connectivity index (χ2v) is 3.79. The smallest absolute Gasteiger partial charge is 0.390 e. The van der Waals surface area contributed by atoms with E-state index in [1.807, 2.05) is 0 Å². The minimum absolute atomic E-state index is 0.0432. The van der Waals surface area contributed by atoms with Gasteiger partial charge in [-0.1, -0.05) is 0 Å². The van der Waals surface area contributed by atoms with Crippen molar-refractivity contribution < 1.29 is 28.2 Å². The minimum atomic E-state index is -4.77. The van der Waals surface area contributed by atoms with E-state index in [0.717, 1.165) is 0 Å². The molecule has 1 amide bonds. The Morgan fingerprint density at radius 1 is 1.50 bits per heavy atom. The van der Waals surface area contributed by atoms with Gasteiger partial charge in [0, 0.05) is 11.3 Å². The number of aryl methyl sites for hydroxylation is 1. The molecule has 0 fully saturated rings. The van der Waals surface area contributed by atoms with Crippen molar-refractivity contribution in [2.75, 3.05) is 0 Å². The highest BCUT2D eigenvalue weighted by molar-refractivity contribution is 5.74. The highest BCUT2D eigenvalue weighted by atomic mass is 19.4. The van der Waals surface area contributed by atoms with E-state index in [9.17, 15) is 28.2 Å². The lowest BCUT2D eigenvalue weighted by Gasteiger charge is -2.18. The van der Waals surface area contributed by atoms with Crippen LogP contribution in [0.5, 0.6) is 0 Å². The molecule has 0 saturated heterocycles. The van der Waals surface area contributed by atoms with Crippen LogP contribution in [0.25, 0.3) is 0 Å². The second-order valence-electron chi connectivity index (χ2n) is 3.79. The summed E-state index contributed by atoms with van der Waals surface area (Å²) < 4.78 is 37.7. The Labute approximate surface area is 99.6 Å². The van der Waals surface area contributed by atoms with Gasteiger partial charge in [-0.3, -0.25) is 9.89 Å². The number of aromatic nitrogens is 2. The van der Waals surface area contributed by atoms with Gasteiger partial charge >= 0.3 is 6.18 Å². The van der Waals surface area contributed by atoms with Gasteiger partial charge in [0.1, 0.15) is 6.10 Å². The summed E-state index contributed by atoms with van der Waals surface area (Å²) in [5, 5.41) is 24.2. The topological polar surface area (TPSA) is 112 Å². The van der Waals surface area contributed by atoms with Crippen molar-refractivity contribution in [1.29, 1.82) is 0 Å². The van der Waals surface area contributed by atoms with Crippen LogP contribution in [0.2, 0.25) is 0 Å². The number of primary amides is 1. The lowest BCUT2D eigenvalue weighted by molar-refractivity contribution is -0.143. The van der Waals surface area contributed by atoms with E-state index in [4.69, 9.17) is 5.73 Å². The SMILES string of the molecule is Cc1[nH]nc(C(F)(F)F)c1C(O)C(O)CC(N)=O. The summed E-state index contributed by atoms with van der Waals surface area (Å²) in [7, 11) is 0. The lowest BCUT2D eigenvalue weighted by Crippen LogP contribution is -2.27. The van der Waals surface area contributed by atoms with Crippen molar-refractivity contribution >= 4 is 5.91 Å². The first kappa shape index (κ1) is 14.5. The predicted octanol–water partition coefficient (Wildman–Crippen LogP) is 0.00662. The minimum Gasteiger partial charge on any atom is -0.390 e. The van der Waals surface area contributed by atoms with Gasteiger partial charge in [-0.15, -0.1) is 0 Å². The summed E-state index contributed by atoms with van der Waals surface area (Å²) in [6, 6.07) is 0. The van der Waals surface area contributed by atoms with E-state index in [-0.39, 0.29) is 5.69 Å². The Kier molecular flexibility index (Phi) is 3.97. The number of nitrogens with zero attached hydrogens (tertiary/aromatic N) is 1. The number of aromatic amines is 1.